The summed E-state index contributed by atoms with van der Waals surface area (Å²) in [6.07, 6.45) is -4.59. The van der Waals surface area contributed by atoms with E-state index >= 15 is 0 Å². The Balaban J connectivity index is 0.00000261. The molecule has 0 aliphatic rings. The summed E-state index contributed by atoms with van der Waals surface area (Å²) in [5.41, 5.74) is 0. The molecule has 0 fully saturated rings. The van der Waals surface area contributed by atoms with Crippen LogP contribution in [0.1, 0.15) is 0 Å². The van der Waals surface area contributed by atoms with E-state index in [1.807, 2.05) is 0 Å². The smallest absolute Gasteiger partial charge is 0.744 e. The van der Waals surface area contributed by atoms with Crippen LogP contribution in [-0.2, 0) is 10.1 Å². The summed E-state index contributed by atoms with van der Waals surface area (Å²) in [5, 5.41) is 1.18. The Kier molecular flexibility index (Phi) is 6.02. The summed E-state index contributed by atoms with van der Waals surface area (Å²) in [5.74, 6) is 0.170. The van der Waals surface area contributed by atoms with Gasteiger partial charge in [-0.05, 0) is 18.2 Å². The van der Waals surface area contributed by atoms with Crippen LogP contribution in [-0.4, -0.2) is 32.9 Å². The van der Waals surface area contributed by atoms with Gasteiger partial charge in [-0.2, -0.15) is 13.2 Å². The minimum absolute atomic E-state index is 0. The SMILES string of the molecule is COc1c2ccccc2c(OCC(F)(F)F)c2cc(S(=O)(=O)[O-])ccc12.[Li+]. The molecule has 10 heteroatoms. The number of methoxy groups -OCH3 is 1. The zero-order valence-electron chi connectivity index (χ0n) is 14.3. The molecule has 3 aromatic rings. The molecule has 0 aliphatic carbocycles. The average Bonchev–Trinajstić information content (AvgIpc) is 2.56. The van der Waals surface area contributed by atoms with Crippen LogP contribution in [0.5, 0.6) is 11.5 Å². The fraction of sp³-hybridized carbons (Fsp3) is 0.176. The molecule has 3 rings (SSSR count). The summed E-state index contributed by atoms with van der Waals surface area (Å²) < 4.78 is 82.3. The fourth-order valence-electron chi connectivity index (χ4n) is 2.76. The monoisotopic (exact) mass is 392 g/mol. The molecule has 0 bridgehead atoms. The van der Waals surface area contributed by atoms with Gasteiger partial charge in [0.1, 0.15) is 21.6 Å². The Morgan fingerprint density at radius 1 is 0.963 bits per heavy atom. The van der Waals surface area contributed by atoms with Crippen LogP contribution in [0.2, 0.25) is 0 Å². The second-order valence-electron chi connectivity index (χ2n) is 5.47. The van der Waals surface area contributed by atoms with Crippen LogP contribution < -0.4 is 28.3 Å². The number of halogens is 3. The standard InChI is InChI=1S/C17H13F3O5S.Li/c1-24-15-11-4-2-3-5-12(11)16(25-9-17(18,19)20)14-8-10(26(21,22)23)6-7-13(14)15;/h2-8H,9H2,1H3,(H,21,22,23);/q;+1/p-1. The molecule has 5 nitrogen and oxygen atoms in total. The van der Waals surface area contributed by atoms with Crippen LogP contribution in [0.15, 0.2) is 47.4 Å². The van der Waals surface area contributed by atoms with E-state index in [-0.39, 0.29) is 30.0 Å². The van der Waals surface area contributed by atoms with Gasteiger partial charge in [0.15, 0.2) is 6.61 Å². The molecule has 3 aromatic carbocycles. The molecule has 0 spiro atoms. The summed E-state index contributed by atoms with van der Waals surface area (Å²) in [4.78, 5) is -0.570. The van der Waals surface area contributed by atoms with Crippen molar-refractivity contribution in [3.8, 4) is 11.5 Å². The predicted octanol–water partition coefficient (Wildman–Crippen LogP) is 0.851. The van der Waals surface area contributed by atoms with Crippen molar-refractivity contribution in [2.24, 2.45) is 0 Å². The van der Waals surface area contributed by atoms with Gasteiger partial charge in [-0.15, -0.1) is 0 Å². The molecular formula is C17H12F3LiO5S. The van der Waals surface area contributed by atoms with Crippen LogP contribution >= 0.6 is 0 Å². The van der Waals surface area contributed by atoms with E-state index in [1.165, 1.54) is 19.2 Å². The van der Waals surface area contributed by atoms with E-state index in [1.54, 1.807) is 18.2 Å². The topological polar surface area (TPSA) is 75.7 Å². The van der Waals surface area contributed by atoms with E-state index in [0.29, 0.717) is 21.9 Å². The van der Waals surface area contributed by atoms with Gasteiger partial charge in [-0.3, -0.25) is 0 Å². The first kappa shape index (κ1) is 21.4. The minimum atomic E-state index is -4.80. The average molecular weight is 392 g/mol. The number of hydrogen-bond acceptors (Lipinski definition) is 5. The molecule has 0 atom stereocenters. The van der Waals surface area contributed by atoms with Crippen molar-refractivity contribution in [2.45, 2.75) is 11.1 Å². The van der Waals surface area contributed by atoms with E-state index in [9.17, 15) is 26.1 Å². The maximum Gasteiger partial charge on any atom is 1.00 e. The van der Waals surface area contributed by atoms with Gasteiger partial charge in [0.25, 0.3) is 0 Å². The maximum absolute atomic E-state index is 12.7. The molecule has 0 saturated heterocycles. The number of ether oxygens (including phenoxy) is 2. The van der Waals surface area contributed by atoms with Gasteiger partial charge >= 0.3 is 25.0 Å². The zero-order valence-corrected chi connectivity index (χ0v) is 15.1. The molecule has 138 valence electrons. The first-order valence-corrected chi connectivity index (χ1v) is 8.70. The summed E-state index contributed by atoms with van der Waals surface area (Å²) >= 11 is 0. The molecule has 0 radical (unpaired) electrons. The van der Waals surface area contributed by atoms with Gasteiger partial charge in [0.05, 0.1) is 12.0 Å². The third kappa shape index (κ3) is 4.33. The fourth-order valence-corrected chi connectivity index (χ4v) is 3.26. The second kappa shape index (κ2) is 7.60. The van der Waals surface area contributed by atoms with Crippen LogP contribution in [0, 0.1) is 0 Å². The van der Waals surface area contributed by atoms with E-state index in [2.05, 4.69) is 0 Å². The Bertz CT molecular complexity index is 1100. The number of hydrogen-bond donors (Lipinski definition) is 0. The number of benzene rings is 3. The van der Waals surface area contributed by atoms with Crippen LogP contribution in [0.3, 0.4) is 0 Å². The predicted molar refractivity (Wildman–Crippen MR) is 87.5 cm³/mol. The number of alkyl halides is 3. The molecule has 0 unspecified atom stereocenters. The van der Waals surface area contributed by atoms with Gasteiger partial charge in [-0.25, -0.2) is 8.42 Å². The largest absolute Gasteiger partial charge is 1.00 e. The number of fused-ring (bicyclic) bond motifs is 2. The van der Waals surface area contributed by atoms with E-state index < -0.39 is 27.8 Å². The molecule has 0 heterocycles. The molecule has 0 aromatic heterocycles. The van der Waals surface area contributed by atoms with E-state index in [4.69, 9.17) is 9.47 Å². The molecular weight excluding hydrogens is 380 g/mol. The molecule has 27 heavy (non-hydrogen) atoms. The first-order valence-electron chi connectivity index (χ1n) is 7.30. The van der Waals surface area contributed by atoms with Crippen molar-refractivity contribution >= 4 is 31.7 Å². The van der Waals surface area contributed by atoms with Crippen LogP contribution in [0.4, 0.5) is 13.2 Å². The minimum Gasteiger partial charge on any atom is -0.744 e. The van der Waals surface area contributed by atoms with Gasteiger partial charge in [0.2, 0.25) is 0 Å². The van der Waals surface area contributed by atoms with Gasteiger partial charge in [0, 0.05) is 21.5 Å². The molecule has 0 amide bonds. The van der Waals surface area contributed by atoms with Crippen molar-refractivity contribution in [2.75, 3.05) is 13.7 Å². The third-order valence-corrected chi connectivity index (χ3v) is 4.60. The Morgan fingerprint density at radius 2 is 1.52 bits per heavy atom. The number of rotatable bonds is 4. The van der Waals surface area contributed by atoms with Crippen molar-refractivity contribution in [3.05, 3.63) is 42.5 Å². The quantitative estimate of drug-likeness (QED) is 0.374. The maximum atomic E-state index is 12.7. The Hall–Kier alpha value is -1.92. The van der Waals surface area contributed by atoms with Crippen molar-refractivity contribution in [1.82, 2.24) is 0 Å². The van der Waals surface area contributed by atoms with Crippen LogP contribution in [0.25, 0.3) is 21.5 Å². The summed E-state index contributed by atoms with van der Waals surface area (Å²) in [6, 6.07) is 9.84. The molecule has 0 N–H and O–H groups in total. The molecule has 0 saturated carbocycles. The van der Waals surface area contributed by atoms with E-state index in [0.717, 1.165) is 12.1 Å². The summed E-state index contributed by atoms with van der Waals surface area (Å²) in [7, 11) is -3.41. The zero-order chi connectivity index (χ0) is 19.1. The normalized spacial score (nSPS) is 12.0. The summed E-state index contributed by atoms with van der Waals surface area (Å²) in [6.45, 7) is -1.56. The van der Waals surface area contributed by atoms with Crippen molar-refractivity contribution in [3.63, 3.8) is 0 Å². The first-order chi connectivity index (χ1) is 12.1. The van der Waals surface area contributed by atoms with Crippen molar-refractivity contribution < 1.29 is 54.5 Å². The second-order valence-corrected chi connectivity index (χ2v) is 6.85. The van der Waals surface area contributed by atoms with Gasteiger partial charge in [-0.1, -0.05) is 24.3 Å². The third-order valence-electron chi connectivity index (χ3n) is 3.77. The van der Waals surface area contributed by atoms with Crippen molar-refractivity contribution in [1.29, 1.82) is 0 Å². The van der Waals surface area contributed by atoms with Gasteiger partial charge < -0.3 is 14.0 Å². The Labute approximate surface area is 165 Å². The molecule has 0 aliphatic heterocycles. The Morgan fingerprint density at radius 3 is 2.04 bits per heavy atom.